The number of nitrogens with zero attached hydrogens (tertiary/aromatic N) is 5. The van der Waals surface area contributed by atoms with Crippen LogP contribution in [0, 0.1) is 0 Å². The van der Waals surface area contributed by atoms with Crippen LogP contribution in [0.25, 0.3) is 0 Å². The van der Waals surface area contributed by atoms with Crippen LogP contribution in [0.15, 0.2) is 0 Å². The zero-order valence-electron chi connectivity index (χ0n) is 14.1. The lowest BCUT2D eigenvalue weighted by molar-refractivity contribution is -0.150. The van der Waals surface area contributed by atoms with Crippen molar-refractivity contribution in [3.05, 3.63) is 11.6 Å². The highest BCUT2D eigenvalue weighted by molar-refractivity contribution is 5.86. The van der Waals surface area contributed by atoms with E-state index < -0.39 is 11.6 Å². The highest BCUT2D eigenvalue weighted by Crippen LogP contribution is 2.38. The topological polar surface area (TPSA) is 83.4 Å². The number of amides is 3. The van der Waals surface area contributed by atoms with Crippen molar-refractivity contribution in [1.82, 2.24) is 29.9 Å². The smallest absolute Gasteiger partial charge is 0.317 e. The Morgan fingerprint density at radius 1 is 1.25 bits per heavy atom. The minimum absolute atomic E-state index is 0.206. The summed E-state index contributed by atoms with van der Waals surface area (Å²) in [5.74, 6) is 0.860. The molecule has 0 spiro atoms. The fourth-order valence-electron chi connectivity index (χ4n) is 3.02. The van der Waals surface area contributed by atoms with Crippen molar-refractivity contribution in [2.45, 2.75) is 51.0 Å². The van der Waals surface area contributed by atoms with E-state index in [2.05, 4.69) is 15.5 Å². The Balaban J connectivity index is 1.69. The Labute approximate surface area is 140 Å². The van der Waals surface area contributed by atoms with Gasteiger partial charge in [0.25, 0.3) is 5.91 Å². The number of urea groups is 1. The number of fused-ring (bicyclic) bond motifs is 1. The largest absolute Gasteiger partial charge is 0.332 e. The Kier molecular flexibility index (Phi) is 4.42. The Morgan fingerprint density at radius 3 is 2.62 bits per heavy atom. The molecule has 132 valence electrons. The van der Waals surface area contributed by atoms with Crippen molar-refractivity contribution in [2.75, 3.05) is 20.6 Å². The lowest BCUT2D eigenvalue weighted by Gasteiger charge is -2.36. The predicted octanol–water partition coefficient (Wildman–Crippen LogP) is 0.674. The summed E-state index contributed by atoms with van der Waals surface area (Å²) < 4.78 is 16.3. The summed E-state index contributed by atoms with van der Waals surface area (Å²) >= 11 is 0. The number of alkyl halides is 1. The molecule has 1 aromatic rings. The average molecular weight is 338 g/mol. The van der Waals surface area contributed by atoms with Crippen molar-refractivity contribution in [3.8, 4) is 0 Å². The van der Waals surface area contributed by atoms with Crippen LogP contribution in [-0.4, -0.2) is 62.8 Å². The third-order valence-electron chi connectivity index (χ3n) is 4.67. The van der Waals surface area contributed by atoms with Crippen molar-refractivity contribution in [2.24, 2.45) is 0 Å². The molecule has 3 rings (SSSR count). The average Bonchev–Trinajstić information content (AvgIpc) is 2.77. The summed E-state index contributed by atoms with van der Waals surface area (Å²) in [7, 11) is 3.33. The monoisotopic (exact) mass is 338 g/mol. The first-order valence-electron chi connectivity index (χ1n) is 8.25. The number of aromatic nitrogens is 3. The van der Waals surface area contributed by atoms with Gasteiger partial charge >= 0.3 is 6.03 Å². The van der Waals surface area contributed by atoms with Gasteiger partial charge in [-0.15, -0.1) is 10.2 Å². The number of nitrogens with one attached hydrogen (secondary N) is 1. The van der Waals surface area contributed by atoms with Gasteiger partial charge in [-0.25, -0.2) is 9.18 Å². The van der Waals surface area contributed by atoms with Gasteiger partial charge in [-0.1, -0.05) is 0 Å². The molecule has 3 amide bonds. The SMILES string of the molecule is CN(C)C(=O)NCc1nnc2n1CCCN(C(=O)C1(F)CCC1)C2. The molecule has 0 aromatic carbocycles. The lowest BCUT2D eigenvalue weighted by Crippen LogP contribution is -2.50. The molecule has 2 aliphatic rings. The Morgan fingerprint density at radius 2 is 2.00 bits per heavy atom. The summed E-state index contributed by atoms with van der Waals surface area (Å²) in [6, 6.07) is -0.206. The molecule has 0 unspecified atom stereocenters. The normalized spacial score (nSPS) is 19.0. The first kappa shape index (κ1) is 16.7. The van der Waals surface area contributed by atoms with Gasteiger partial charge in [0.05, 0.1) is 13.1 Å². The quantitative estimate of drug-likeness (QED) is 0.878. The molecule has 0 radical (unpaired) electrons. The van der Waals surface area contributed by atoms with E-state index in [4.69, 9.17) is 0 Å². The van der Waals surface area contributed by atoms with Crippen LogP contribution in [0.4, 0.5) is 9.18 Å². The van der Waals surface area contributed by atoms with Gasteiger partial charge < -0.3 is 19.7 Å². The second kappa shape index (κ2) is 6.37. The molecular weight excluding hydrogens is 315 g/mol. The molecule has 1 aliphatic heterocycles. The fraction of sp³-hybridized carbons (Fsp3) is 0.733. The van der Waals surface area contributed by atoms with Crippen LogP contribution < -0.4 is 5.32 Å². The number of carbonyl (C=O) groups is 2. The van der Waals surface area contributed by atoms with E-state index in [1.807, 2.05) is 4.57 Å². The van der Waals surface area contributed by atoms with E-state index in [9.17, 15) is 14.0 Å². The highest BCUT2D eigenvalue weighted by Gasteiger charge is 2.47. The van der Waals surface area contributed by atoms with Gasteiger partial charge in [0.1, 0.15) is 0 Å². The molecule has 0 saturated heterocycles. The van der Waals surface area contributed by atoms with Crippen molar-refractivity contribution in [1.29, 1.82) is 0 Å². The molecule has 2 heterocycles. The first-order chi connectivity index (χ1) is 11.4. The first-order valence-corrected chi connectivity index (χ1v) is 8.25. The predicted molar refractivity (Wildman–Crippen MR) is 83.7 cm³/mol. The molecule has 9 heteroatoms. The summed E-state index contributed by atoms with van der Waals surface area (Å²) in [4.78, 5) is 27.0. The fourth-order valence-corrected chi connectivity index (χ4v) is 3.02. The third kappa shape index (κ3) is 3.07. The molecule has 1 N–H and O–H groups in total. The summed E-state index contributed by atoms with van der Waals surface area (Å²) in [5.41, 5.74) is -1.68. The Bertz CT molecular complexity index is 640. The molecular formula is C15H23FN6O2. The van der Waals surface area contributed by atoms with Gasteiger partial charge in [0.15, 0.2) is 17.3 Å². The van der Waals surface area contributed by atoms with Crippen LogP contribution in [0.5, 0.6) is 0 Å². The number of rotatable bonds is 3. The zero-order valence-corrected chi connectivity index (χ0v) is 14.1. The van der Waals surface area contributed by atoms with E-state index in [0.717, 1.165) is 6.42 Å². The number of halogens is 1. The molecule has 8 nitrogen and oxygen atoms in total. The van der Waals surface area contributed by atoms with E-state index in [1.54, 1.807) is 19.0 Å². The Hall–Kier alpha value is -2.19. The maximum Gasteiger partial charge on any atom is 0.317 e. The van der Waals surface area contributed by atoms with Gasteiger partial charge in [0.2, 0.25) is 0 Å². The number of hydrogen-bond acceptors (Lipinski definition) is 4. The lowest BCUT2D eigenvalue weighted by atomic mass is 9.81. The van der Waals surface area contributed by atoms with Crippen LogP contribution >= 0.6 is 0 Å². The highest BCUT2D eigenvalue weighted by atomic mass is 19.1. The van der Waals surface area contributed by atoms with Gasteiger partial charge in [0, 0.05) is 27.2 Å². The van der Waals surface area contributed by atoms with Gasteiger partial charge in [-0.3, -0.25) is 4.79 Å². The zero-order chi connectivity index (χ0) is 17.3. The minimum atomic E-state index is -1.68. The van der Waals surface area contributed by atoms with Crippen molar-refractivity contribution < 1.29 is 14.0 Å². The number of carbonyl (C=O) groups excluding carboxylic acids is 2. The molecule has 1 aliphatic carbocycles. The number of hydrogen-bond donors (Lipinski definition) is 1. The molecule has 1 aromatic heterocycles. The minimum Gasteiger partial charge on any atom is -0.332 e. The second-order valence-electron chi connectivity index (χ2n) is 6.64. The van der Waals surface area contributed by atoms with Crippen LogP contribution in [0.2, 0.25) is 0 Å². The maximum atomic E-state index is 14.4. The molecule has 0 bridgehead atoms. The van der Waals surface area contributed by atoms with E-state index in [-0.39, 0.29) is 19.1 Å². The van der Waals surface area contributed by atoms with Crippen molar-refractivity contribution >= 4 is 11.9 Å². The summed E-state index contributed by atoms with van der Waals surface area (Å²) in [6.07, 6.45) is 2.11. The van der Waals surface area contributed by atoms with E-state index in [1.165, 1.54) is 4.90 Å². The maximum absolute atomic E-state index is 14.4. The molecule has 1 saturated carbocycles. The van der Waals surface area contributed by atoms with Gasteiger partial charge in [-0.05, 0) is 25.7 Å². The standard InChI is InChI=1S/C15H23FN6O2/c1-20(2)14(24)17-9-11-18-19-12-10-21(7-4-8-22(11)12)13(23)15(16)5-3-6-15/h3-10H2,1-2H3,(H,17,24). The molecule has 1 fully saturated rings. The summed E-state index contributed by atoms with van der Waals surface area (Å²) in [6.45, 7) is 1.69. The molecule has 24 heavy (non-hydrogen) atoms. The van der Waals surface area contributed by atoms with E-state index in [0.29, 0.717) is 44.0 Å². The van der Waals surface area contributed by atoms with Crippen LogP contribution in [0.3, 0.4) is 0 Å². The van der Waals surface area contributed by atoms with Crippen molar-refractivity contribution in [3.63, 3.8) is 0 Å². The molecule has 0 atom stereocenters. The second-order valence-corrected chi connectivity index (χ2v) is 6.64. The van der Waals surface area contributed by atoms with E-state index >= 15 is 0 Å². The van der Waals surface area contributed by atoms with Gasteiger partial charge in [-0.2, -0.15) is 0 Å². The van der Waals surface area contributed by atoms with Crippen LogP contribution in [0.1, 0.15) is 37.3 Å². The van der Waals surface area contributed by atoms with Crippen LogP contribution in [-0.2, 0) is 24.4 Å². The third-order valence-corrected chi connectivity index (χ3v) is 4.67. The summed E-state index contributed by atoms with van der Waals surface area (Å²) in [5, 5.41) is 11.0.